The van der Waals surface area contributed by atoms with E-state index >= 15 is 0 Å². The largest absolute Gasteiger partial charge is 0.322 e. The number of carbonyl (C=O) groups excluding carboxylic acids is 1. The molecule has 0 aliphatic carbocycles. The number of hydrogen-bond donors (Lipinski definition) is 1. The second kappa shape index (κ2) is 5.40. The van der Waals surface area contributed by atoms with Crippen LogP contribution in [0.5, 0.6) is 0 Å². The Morgan fingerprint density at radius 1 is 1.33 bits per heavy atom. The van der Waals surface area contributed by atoms with Crippen molar-refractivity contribution in [2.24, 2.45) is 0 Å². The Bertz CT molecular complexity index is 431. The standard InChI is InChI=1S/C14H21N3O/c1-11-12-7-4-5-8-13(12)15-14(18)17(11)10-6-9-16(2)3/h4-5,7-8,11H,6,9-10H2,1-3H3,(H,15,18). The minimum Gasteiger partial charge on any atom is -0.318 e. The normalized spacial score (nSPS) is 18.8. The Hall–Kier alpha value is -1.55. The zero-order valence-electron chi connectivity index (χ0n) is 11.3. The highest BCUT2D eigenvalue weighted by Gasteiger charge is 2.28. The van der Waals surface area contributed by atoms with Crippen molar-refractivity contribution in [3.63, 3.8) is 0 Å². The zero-order valence-corrected chi connectivity index (χ0v) is 11.3. The van der Waals surface area contributed by atoms with Crippen molar-refractivity contribution < 1.29 is 4.79 Å². The molecule has 1 aliphatic rings. The van der Waals surface area contributed by atoms with E-state index in [2.05, 4.69) is 37.3 Å². The Balaban J connectivity index is 2.07. The Kier molecular flexibility index (Phi) is 3.87. The number of nitrogens with one attached hydrogen (secondary N) is 1. The molecule has 0 radical (unpaired) electrons. The van der Waals surface area contributed by atoms with Gasteiger partial charge in [0.25, 0.3) is 0 Å². The second-order valence-corrected chi connectivity index (χ2v) is 5.04. The molecule has 1 aromatic rings. The summed E-state index contributed by atoms with van der Waals surface area (Å²) in [4.78, 5) is 16.1. The summed E-state index contributed by atoms with van der Waals surface area (Å²) < 4.78 is 0. The molecule has 0 spiro atoms. The lowest BCUT2D eigenvalue weighted by molar-refractivity contribution is 0.185. The molecular formula is C14H21N3O. The van der Waals surface area contributed by atoms with Gasteiger partial charge in [0.1, 0.15) is 0 Å². The van der Waals surface area contributed by atoms with Gasteiger partial charge in [-0.2, -0.15) is 0 Å². The Morgan fingerprint density at radius 2 is 2.06 bits per heavy atom. The lowest BCUT2D eigenvalue weighted by Crippen LogP contribution is -2.42. The van der Waals surface area contributed by atoms with Crippen molar-refractivity contribution in [1.82, 2.24) is 9.80 Å². The molecule has 0 saturated carbocycles. The zero-order chi connectivity index (χ0) is 13.1. The maximum Gasteiger partial charge on any atom is 0.322 e. The van der Waals surface area contributed by atoms with Gasteiger partial charge in [-0.05, 0) is 45.6 Å². The Labute approximate surface area is 109 Å². The number of rotatable bonds is 4. The minimum absolute atomic E-state index is 0.0138. The molecule has 98 valence electrons. The van der Waals surface area contributed by atoms with Crippen molar-refractivity contribution in [1.29, 1.82) is 0 Å². The first-order valence-corrected chi connectivity index (χ1v) is 6.41. The van der Waals surface area contributed by atoms with Crippen LogP contribution >= 0.6 is 0 Å². The van der Waals surface area contributed by atoms with Crippen LogP contribution < -0.4 is 5.32 Å². The predicted octanol–water partition coefficient (Wildman–Crippen LogP) is 2.55. The van der Waals surface area contributed by atoms with Crippen molar-refractivity contribution in [2.45, 2.75) is 19.4 Å². The molecule has 2 rings (SSSR count). The molecule has 1 heterocycles. The fourth-order valence-corrected chi connectivity index (χ4v) is 2.36. The molecule has 1 atom stereocenters. The van der Waals surface area contributed by atoms with Crippen LogP contribution in [0.1, 0.15) is 24.9 Å². The SMILES string of the molecule is CC1c2ccccc2NC(=O)N1CCCN(C)C. The van der Waals surface area contributed by atoms with Crippen molar-refractivity contribution in [3.8, 4) is 0 Å². The fourth-order valence-electron chi connectivity index (χ4n) is 2.36. The van der Waals surface area contributed by atoms with Crippen LogP contribution in [0.25, 0.3) is 0 Å². The highest BCUT2D eigenvalue weighted by atomic mass is 16.2. The highest BCUT2D eigenvalue weighted by Crippen LogP contribution is 2.32. The summed E-state index contributed by atoms with van der Waals surface area (Å²) in [5, 5.41) is 2.95. The van der Waals surface area contributed by atoms with Crippen LogP contribution in [0.3, 0.4) is 0 Å². The van der Waals surface area contributed by atoms with Gasteiger partial charge in [-0.3, -0.25) is 0 Å². The Morgan fingerprint density at radius 3 is 2.78 bits per heavy atom. The van der Waals surface area contributed by atoms with E-state index in [-0.39, 0.29) is 12.1 Å². The topological polar surface area (TPSA) is 35.6 Å². The van der Waals surface area contributed by atoms with E-state index in [1.165, 1.54) is 5.56 Å². The van der Waals surface area contributed by atoms with E-state index in [1.807, 2.05) is 23.1 Å². The van der Waals surface area contributed by atoms with Gasteiger partial charge in [0.05, 0.1) is 6.04 Å². The van der Waals surface area contributed by atoms with Crippen molar-refractivity contribution in [3.05, 3.63) is 29.8 Å². The number of amides is 2. The first-order chi connectivity index (χ1) is 8.59. The van der Waals surface area contributed by atoms with Gasteiger partial charge in [-0.1, -0.05) is 18.2 Å². The first kappa shape index (κ1) is 12.9. The maximum atomic E-state index is 12.0. The quantitative estimate of drug-likeness (QED) is 0.887. The summed E-state index contributed by atoms with van der Waals surface area (Å²) in [5.74, 6) is 0. The summed E-state index contributed by atoms with van der Waals surface area (Å²) in [6.45, 7) is 3.88. The molecule has 4 nitrogen and oxygen atoms in total. The molecule has 0 aromatic heterocycles. The molecule has 0 saturated heterocycles. The second-order valence-electron chi connectivity index (χ2n) is 5.04. The number of urea groups is 1. The van der Waals surface area contributed by atoms with E-state index in [0.717, 1.165) is 25.2 Å². The smallest absolute Gasteiger partial charge is 0.318 e. The summed E-state index contributed by atoms with van der Waals surface area (Å²) in [6.07, 6.45) is 0.993. The van der Waals surface area contributed by atoms with Crippen LogP contribution in [-0.4, -0.2) is 43.0 Å². The molecule has 1 aliphatic heterocycles. The summed E-state index contributed by atoms with van der Waals surface area (Å²) in [5.41, 5.74) is 2.14. The third-order valence-electron chi connectivity index (χ3n) is 3.39. The molecule has 2 amide bonds. The first-order valence-electron chi connectivity index (χ1n) is 6.41. The molecule has 0 bridgehead atoms. The lowest BCUT2D eigenvalue weighted by atomic mass is 10.0. The van der Waals surface area contributed by atoms with Gasteiger partial charge < -0.3 is 15.1 Å². The minimum atomic E-state index is 0.0138. The molecule has 1 N–H and O–H groups in total. The van der Waals surface area contributed by atoms with Gasteiger partial charge in [0.2, 0.25) is 0 Å². The van der Waals surface area contributed by atoms with E-state index in [0.29, 0.717) is 0 Å². The van der Waals surface area contributed by atoms with E-state index in [4.69, 9.17) is 0 Å². The van der Waals surface area contributed by atoms with Crippen LogP contribution in [0.4, 0.5) is 10.5 Å². The van der Waals surface area contributed by atoms with Crippen molar-refractivity contribution in [2.75, 3.05) is 32.5 Å². The number of carbonyl (C=O) groups is 1. The van der Waals surface area contributed by atoms with Crippen LogP contribution in [0, 0.1) is 0 Å². The van der Waals surface area contributed by atoms with Crippen LogP contribution in [-0.2, 0) is 0 Å². The maximum absolute atomic E-state index is 12.0. The molecule has 4 heteroatoms. The monoisotopic (exact) mass is 247 g/mol. The fraction of sp³-hybridized carbons (Fsp3) is 0.500. The van der Waals surface area contributed by atoms with E-state index in [1.54, 1.807) is 0 Å². The number of fused-ring (bicyclic) bond motifs is 1. The molecule has 0 fully saturated rings. The molecule has 1 unspecified atom stereocenters. The highest BCUT2D eigenvalue weighted by molar-refractivity contribution is 5.92. The van der Waals surface area contributed by atoms with Crippen molar-refractivity contribution >= 4 is 11.7 Å². The number of hydrogen-bond acceptors (Lipinski definition) is 2. The third kappa shape index (κ3) is 2.64. The van der Waals surface area contributed by atoms with Gasteiger partial charge >= 0.3 is 6.03 Å². The summed E-state index contributed by atoms with van der Waals surface area (Å²) in [6, 6.07) is 8.18. The van der Waals surface area contributed by atoms with Gasteiger partial charge in [0, 0.05) is 12.2 Å². The average Bonchev–Trinajstić information content (AvgIpc) is 2.33. The van der Waals surface area contributed by atoms with Gasteiger partial charge in [-0.25, -0.2) is 4.79 Å². The number of benzene rings is 1. The van der Waals surface area contributed by atoms with E-state index < -0.39 is 0 Å². The van der Waals surface area contributed by atoms with Gasteiger partial charge in [0.15, 0.2) is 0 Å². The molecule has 18 heavy (non-hydrogen) atoms. The number of para-hydroxylation sites is 1. The number of nitrogens with zero attached hydrogens (tertiary/aromatic N) is 2. The predicted molar refractivity (Wildman–Crippen MR) is 73.8 cm³/mol. The molecule has 1 aromatic carbocycles. The summed E-state index contributed by atoms with van der Waals surface area (Å²) >= 11 is 0. The summed E-state index contributed by atoms with van der Waals surface area (Å²) in [7, 11) is 4.10. The van der Waals surface area contributed by atoms with Gasteiger partial charge in [-0.15, -0.1) is 0 Å². The van der Waals surface area contributed by atoms with Crippen LogP contribution in [0.2, 0.25) is 0 Å². The third-order valence-corrected chi connectivity index (χ3v) is 3.39. The lowest BCUT2D eigenvalue weighted by Gasteiger charge is -2.35. The van der Waals surface area contributed by atoms with Crippen LogP contribution in [0.15, 0.2) is 24.3 Å². The molecular weight excluding hydrogens is 226 g/mol. The van der Waals surface area contributed by atoms with E-state index in [9.17, 15) is 4.79 Å². The number of anilines is 1. The average molecular weight is 247 g/mol.